The number of nitrogens with two attached hydrogens (primary N) is 1. The number of rotatable bonds is 4. The zero-order chi connectivity index (χ0) is 13.9. The first-order valence-electron chi connectivity index (χ1n) is 6.53. The Balaban J connectivity index is 2.09. The van der Waals surface area contributed by atoms with Gasteiger partial charge in [-0.1, -0.05) is 13.3 Å². The maximum atomic E-state index is 12.1. The lowest BCUT2D eigenvalue weighted by Crippen LogP contribution is -2.48. The standard InChI is InChI=1S/C14H20N2O3/c1-3-6-14(2,15)13(17)16-10-4-5-11-12(9-10)19-8-7-18-11/h4-5,9H,3,6-8,15H2,1-2H3,(H,16,17). The molecule has 2 rings (SSSR count). The number of fused-ring (bicyclic) bond motifs is 1. The van der Waals surface area contributed by atoms with Crippen molar-refractivity contribution in [1.29, 1.82) is 0 Å². The van der Waals surface area contributed by atoms with Gasteiger partial charge in [-0.3, -0.25) is 4.79 Å². The first kappa shape index (κ1) is 13.7. The van der Waals surface area contributed by atoms with Crippen molar-refractivity contribution in [2.24, 2.45) is 5.73 Å². The van der Waals surface area contributed by atoms with Crippen molar-refractivity contribution < 1.29 is 14.3 Å². The van der Waals surface area contributed by atoms with E-state index in [1.165, 1.54) is 0 Å². The number of amides is 1. The van der Waals surface area contributed by atoms with Crippen LogP contribution in [0.2, 0.25) is 0 Å². The van der Waals surface area contributed by atoms with E-state index in [4.69, 9.17) is 15.2 Å². The van der Waals surface area contributed by atoms with E-state index in [1.54, 1.807) is 25.1 Å². The predicted octanol–water partition coefficient (Wildman–Crippen LogP) is 1.91. The van der Waals surface area contributed by atoms with Gasteiger partial charge >= 0.3 is 0 Å². The van der Waals surface area contributed by atoms with E-state index in [9.17, 15) is 4.79 Å². The van der Waals surface area contributed by atoms with E-state index in [-0.39, 0.29) is 5.91 Å². The third-order valence-electron chi connectivity index (χ3n) is 3.09. The molecule has 5 nitrogen and oxygen atoms in total. The van der Waals surface area contributed by atoms with E-state index >= 15 is 0 Å². The molecule has 0 aliphatic carbocycles. The lowest BCUT2D eigenvalue weighted by molar-refractivity contribution is -0.120. The van der Waals surface area contributed by atoms with E-state index in [1.807, 2.05) is 6.92 Å². The molecule has 104 valence electrons. The van der Waals surface area contributed by atoms with Crippen molar-refractivity contribution >= 4 is 11.6 Å². The third kappa shape index (κ3) is 3.17. The van der Waals surface area contributed by atoms with Crippen LogP contribution in [-0.2, 0) is 4.79 Å². The van der Waals surface area contributed by atoms with Gasteiger partial charge in [0.15, 0.2) is 11.5 Å². The number of hydrogen-bond donors (Lipinski definition) is 2. The van der Waals surface area contributed by atoms with Gasteiger partial charge in [-0.2, -0.15) is 0 Å². The summed E-state index contributed by atoms with van der Waals surface area (Å²) in [7, 11) is 0. The second kappa shape index (κ2) is 5.48. The molecule has 0 spiro atoms. The zero-order valence-corrected chi connectivity index (χ0v) is 11.4. The van der Waals surface area contributed by atoms with Crippen LogP contribution in [0.25, 0.3) is 0 Å². The molecule has 0 fully saturated rings. The number of hydrogen-bond acceptors (Lipinski definition) is 4. The normalized spacial score (nSPS) is 16.6. The van der Waals surface area contributed by atoms with Crippen molar-refractivity contribution in [1.82, 2.24) is 0 Å². The fourth-order valence-electron chi connectivity index (χ4n) is 2.03. The molecule has 1 aliphatic heterocycles. The van der Waals surface area contributed by atoms with Crippen LogP contribution in [0.15, 0.2) is 18.2 Å². The molecule has 0 radical (unpaired) electrons. The van der Waals surface area contributed by atoms with Crippen molar-refractivity contribution in [2.75, 3.05) is 18.5 Å². The van der Waals surface area contributed by atoms with Crippen LogP contribution in [0.4, 0.5) is 5.69 Å². The summed E-state index contributed by atoms with van der Waals surface area (Å²) >= 11 is 0. The number of nitrogens with one attached hydrogen (secondary N) is 1. The molecule has 5 heteroatoms. The summed E-state index contributed by atoms with van der Waals surface area (Å²) in [6, 6.07) is 5.33. The Morgan fingerprint density at radius 1 is 1.37 bits per heavy atom. The fourth-order valence-corrected chi connectivity index (χ4v) is 2.03. The van der Waals surface area contributed by atoms with Gasteiger partial charge in [-0.05, 0) is 25.5 Å². The molecule has 1 aromatic carbocycles. The number of carbonyl (C=O) groups is 1. The second-order valence-corrected chi connectivity index (χ2v) is 4.98. The van der Waals surface area contributed by atoms with Gasteiger partial charge in [0.05, 0.1) is 5.54 Å². The van der Waals surface area contributed by atoms with E-state index in [2.05, 4.69) is 5.32 Å². The average Bonchev–Trinajstić information content (AvgIpc) is 2.38. The molecule has 3 N–H and O–H groups in total. The molecule has 0 bridgehead atoms. The molecular weight excluding hydrogens is 244 g/mol. The lowest BCUT2D eigenvalue weighted by Gasteiger charge is -2.24. The summed E-state index contributed by atoms with van der Waals surface area (Å²) in [5.41, 5.74) is 5.80. The van der Waals surface area contributed by atoms with Crippen LogP contribution in [-0.4, -0.2) is 24.7 Å². The van der Waals surface area contributed by atoms with Crippen molar-refractivity contribution in [3.05, 3.63) is 18.2 Å². The predicted molar refractivity (Wildman–Crippen MR) is 73.6 cm³/mol. The highest BCUT2D eigenvalue weighted by molar-refractivity contribution is 5.97. The highest BCUT2D eigenvalue weighted by Gasteiger charge is 2.27. The van der Waals surface area contributed by atoms with Crippen LogP contribution in [0.5, 0.6) is 11.5 Å². The Hall–Kier alpha value is -1.75. The average molecular weight is 264 g/mol. The van der Waals surface area contributed by atoms with Gasteiger partial charge in [0.1, 0.15) is 13.2 Å². The Kier molecular flexibility index (Phi) is 3.95. The summed E-state index contributed by atoms with van der Waals surface area (Å²) in [5.74, 6) is 1.16. The SMILES string of the molecule is CCCC(C)(N)C(=O)Nc1ccc2c(c1)OCCO2. The highest BCUT2D eigenvalue weighted by atomic mass is 16.6. The number of benzene rings is 1. The minimum atomic E-state index is -0.859. The molecule has 0 aromatic heterocycles. The molecule has 1 amide bonds. The Morgan fingerprint density at radius 3 is 2.74 bits per heavy atom. The molecule has 1 atom stereocenters. The van der Waals surface area contributed by atoms with Crippen LogP contribution in [0.3, 0.4) is 0 Å². The van der Waals surface area contributed by atoms with Crippen molar-refractivity contribution in [3.63, 3.8) is 0 Å². The molecule has 1 aromatic rings. The van der Waals surface area contributed by atoms with Crippen molar-refractivity contribution in [2.45, 2.75) is 32.2 Å². The monoisotopic (exact) mass is 264 g/mol. The molecule has 0 saturated carbocycles. The van der Waals surface area contributed by atoms with Gasteiger partial charge in [-0.15, -0.1) is 0 Å². The zero-order valence-electron chi connectivity index (χ0n) is 11.4. The van der Waals surface area contributed by atoms with E-state index < -0.39 is 5.54 Å². The van der Waals surface area contributed by atoms with Crippen LogP contribution >= 0.6 is 0 Å². The summed E-state index contributed by atoms with van der Waals surface area (Å²) in [6.45, 7) is 4.82. The maximum absolute atomic E-state index is 12.1. The highest BCUT2D eigenvalue weighted by Crippen LogP contribution is 2.32. The molecule has 19 heavy (non-hydrogen) atoms. The maximum Gasteiger partial charge on any atom is 0.244 e. The first-order chi connectivity index (χ1) is 9.03. The van der Waals surface area contributed by atoms with Gasteiger partial charge < -0.3 is 20.5 Å². The Bertz CT molecular complexity index is 472. The topological polar surface area (TPSA) is 73.6 Å². The molecule has 0 saturated heterocycles. The summed E-state index contributed by atoms with van der Waals surface area (Å²) in [6.07, 6.45) is 1.50. The first-order valence-corrected chi connectivity index (χ1v) is 6.53. The summed E-state index contributed by atoms with van der Waals surface area (Å²) in [4.78, 5) is 12.1. The van der Waals surface area contributed by atoms with Crippen LogP contribution in [0, 0.1) is 0 Å². The van der Waals surface area contributed by atoms with Gasteiger partial charge in [0, 0.05) is 11.8 Å². The minimum Gasteiger partial charge on any atom is -0.486 e. The van der Waals surface area contributed by atoms with Gasteiger partial charge in [0.25, 0.3) is 0 Å². The third-order valence-corrected chi connectivity index (χ3v) is 3.09. The molecule has 1 unspecified atom stereocenters. The molecule has 1 heterocycles. The Labute approximate surface area is 113 Å². The molecular formula is C14H20N2O3. The number of ether oxygens (including phenoxy) is 2. The number of anilines is 1. The quantitative estimate of drug-likeness (QED) is 0.871. The van der Waals surface area contributed by atoms with Crippen LogP contribution in [0.1, 0.15) is 26.7 Å². The summed E-state index contributed by atoms with van der Waals surface area (Å²) in [5, 5.41) is 2.82. The van der Waals surface area contributed by atoms with Crippen LogP contribution < -0.4 is 20.5 Å². The fraction of sp³-hybridized carbons (Fsp3) is 0.500. The second-order valence-electron chi connectivity index (χ2n) is 4.98. The van der Waals surface area contributed by atoms with Gasteiger partial charge in [0.2, 0.25) is 5.91 Å². The largest absolute Gasteiger partial charge is 0.486 e. The molecule has 1 aliphatic rings. The minimum absolute atomic E-state index is 0.189. The number of carbonyl (C=O) groups excluding carboxylic acids is 1. The van der Waals surface area contributed by atoms with E-state index in [0.29, 0.717) is 36.8 Å². The smallest absolute Gasteiger partial charge is 0.244 e. The lowest BCUT2D eigenvalue weighted by atomic mass is 9.96. The van der Waals surface area contributed by atoms with Crippen molar-refractivity contribution in [3.8, 4) is 11.5 Å². The van der Waals surface area contributed by atoms with Gasteiger partial charge in [-0.25, -0.2) is 0 Å². The summed E-state index contributed by atoms with van der Waals surface area (Å²) < 4.78 is 10.9. The Morgan fingerprint density at radius 2 is 2.05 bits per heavy atom. The van der Waals surface area contributed by atoms with E-state index in [0.717, 1.165) is 6.42 Å².